The van der Waals surface area contributed by atoms with Crippen LogP contribution < -0.4 is 5.32 Å². The number of halogens is 1. The van der Waals surface area contributed by atoms with Gasteiger partial charge in [0.2, 0.25) is 0 Å². The number of carbonyl (C=O) groups is 1. The van der Waals surface area contributed by atoms with Crippen molar-refractivity contribution in [2.45, 2.75) is 26.2 Å². The van der Waals surface area contributed by atoms with Crippen LogP contribution in [0.5, 0.6) is 0 Å². The van der Waals surface area contributed by atoms with Gasteiger partial charge in [-0.25, -0.2) is 0 Å². The normalized spacial score (nSPS) is 11.2. The SMILES string of the molecule is CC(C)(C)c1ccc(NC(=O)c2cccc(-c3ncccc3Cl)c2)cc1. The van der Waals surface area contributed by atoms with Crippen molar-refractivity contribution in [3.63, 3.8) is 0 Å². The van der Waals surface area contributed by atoms with Crippen LogP contribution >= 0.6 is 11.6 Å². The van der Waals surface area contributed by atoms with Crippen LogP contribution in [0.3, 0.4) is 0 Å². The molecule has 132 valence electrons. The lowest BCUT2D eigenvalue weighted by Crippen LogP contribution is -2.13. The van der Waals surface area contributed by atoms with Gasteiger partial charge in [-0.3, -0.25) is 9.78 Å². The van der Waals surface area contributed by atoms with Crippen molar-refractivity contribution in [2.75, 3.05) is 5.32 Å². The Hall–Kier alpha value is -2.65. The molecule has 0 aliphatic heterocycles. The molecule has 2 aromatic carbocycles. The molecule has 4 heteroatoms. The molecule has 1 heterocycles. The average molecular weight is 365 g/mol. The van der Waals surface area contributed by atoms with Crippen LogP contribution in [0, 0.1) is 0 Å². The van der Waals surface area contributed by atoms with Crippen LogP contribution in [0.4, 0.5) is 5.69 Å². The Balaban J connectivity index is 1.81. The minimum Gasteiger partial charge on any atom is -0.322 e. The Morgan fingerprint density at radius 2 is 1.73 bits per heavy atom. The second kappa shape index (κ2) is 7.30. The first kappa shape index (κ1) is 18.2. The Kier molecular flexibility index (Phi) is 5.10. The molecule has 0 aliphatic rings. The molecule has 0 unspecified atom stereocenters. The van der Waals surface area contributed by atoms with E-state index < -0.39 is 0 Å². The van der Waals surface area contributed by atoms with Crippen LogP contribution in [0.15, 0.2) is 66.9 Å². The maximum Gasteiger partial charge on any atom is 0.255 e. The zero-order chi connectivity index (χ0) is 18.7. The first-order chi connectivity index (χ1) is 12.3. The van der Waals surface area contributed by atoms with Crippen LogP contribution in [0.25, 0.3) is 11.3 Å². The smallest absolute Gasteiger partial charge is 0.255 e. The number of benzene rings is 2. The molecular weight excluding hydrogens is 344 g/mol. The summed E-state index contributed by atoms with van der Waals surface area (Å²) in [5, 5.41) is 3.50. The van der Waals surface area contributed by atoms with E-state index in [4.69, 9.17) is 11.6 Å². The molecule has 0 saturated heterocycles. The molecule has 1 aromatic heterocycles. The van der Waals surface area contributed by atoms with E-state index in [1.54, 1.807) is 30.5 Å². The van der Waals surface area contributed by atoms with Gasteiger partial charge in [0.05, 0.1) is 10.7 Å². The summed E-state index contributed by atoms with van der Waals surface area (Å²) >= 11 is 6.21. The highest BCUT2D eigenvalue weighted by molar-refractivity contribution is 6.33. The minimum atomic E-state index is -0.164. The summed E-state index contributed by atoms with van der Waals surface area (Å²) in [6.07, 6.45) is 1.69. The van der Waals surface area contributed by atoms with E-state index in [9.17, 15) is 4.79 Å². The molecule has 26 heavy (non-hydrogen) atoms. The molecule has 0 fully saturated rings. The quantitative estimate of drug-likeness (QED) is 0.623. The van der Waals surface area contributed by atoms with Gasteiger partial charge >= 0.3 is 0 Å². The van der Waals surface area contributed by atoms with Gasteiger partial charge < -0.3 is 5.32 Å². The third-order valence-electron chi connectivity index (χ3n) is 4.17. The second-order valence-electron chi connectivity index (χ2n) is 7.20. The van der Waals surface area contributed by atoms with Gasteiger partial charge in [0.15, 0.2) is 0 Å². The zero-order valence-electron chi connectivity index (χ0n) is 15.1. The summed E-state index contributed by atoms with van der Waals surface area (Å²) in [6, 6.07) is 18.8. The fraction of sp³-hybridized carbons (Fsp3) is 0.182. The third-order valence-corrected chi connectivity index (χ3v) is 4.47. The van der Waals surface area contributed by atoms with E-state index in [2.05, 4.69) is 31.1 Å². The van der Waals surface area contributed by atoms with Crippen LogP contribution in [-0.4, -0.2) is 10.9 Å². The lowest BCUT2D eigenvalue weighted by atomic mass is 9.87. The largest absolute Gasteiger partial charge is 0.322 e. The number of pyridine rings is 1. The van der Waals surface area contributed by atoms with Gasteiger partial charge in [0.1, 0.15) is 0 Å². The van der Waals surface area contributed by atoms with Crippen molar-refractivity contribution < 1.29 is 4.79 Å². The van der Waals surface area contributed by atoms with E-state index in [-0.39, 0.29) is 11.3 Å². The number of amides is 1. The number of rotatable bonds is 3. The number of nitrogens with zero attached hydrogens (tertiary/aromatic N) is 1. The zero-order valence-corrected chi connectivity index (χ0v) is 15.8. The molecule has 0 bridgehead atoms. The minimum absolute atomic E-state index is 0.0822. The Morgan fingerprint density at radius 3 is 2.38 bits per heavy atom. The molecule has 3 rings (SSSR count). The molecule has 0 spiro atoms. The van der Waals surface area contributed by atoms with Gasteiger partial charge in [-0.05, 0) is 47.4 Å². The number of carbonyl (C=O) groups excluding carboxylic acids is 1. The third kappa shape index (κ3) is 4.12. The monoisotopic (exact) mass is 364 g/mol. The molecule has 3 aromatic rings. The predicted octanol–water partition coefficient (Wildman–Crippen LogP) is 5.95. The standard InChI is InChI=1S/C22H21ClN2O/c1-22(2,3)17-9-11-18(12-10-17)25-21(26)16-7-4-6-15(14-16)20-19(23)8-5-13-24-20/h4-14H,1-3H3,(H,25,26). The number of hydrogen-bond acceptors (Lipinski definition) is 2. The van der Waals surface area contributed by atoms with Crippen LogP contribution in [0.1, 0.15) is 36.7 Å². The van der Waals surface area contributed by atoms with Crippen molar-refractivity contribution in [3.8, 4) is 11.3 Å². The number of anilines is 1. The Labute approximate surface area is 159 Å². The number of aromatic nitrogens is 1. The molecule has 0 aliphatic carbocycles. The first-order valence-electron chi connectivity index (χ1n) is 8.47. The van der Waals surface area contributed by atoms with Crippen molar-refractivity contribution in [1.29, 1.82) is 0 Å². The molecular formula is C22H21ClN2O. The fourth-order valence-electron chi connectivity index (χ4n) is 2.66. The second-order valence-corrected chi connectivity index (χ2v) is 7.60. The summed E-state index contributed by atoms with van der Waals surface area (Å²) < 4.78 is 0. The summed E-state index contributed by atoms with van der Waals surface area (Å²) in [5.74, 6) is -0.164. The summed E-state index contributed by atoms with van der Waals surface area (Å²) in [7, 11) is 0. The van der Waals surface area contributed by atoms with Crippen molar-refractivity contribution in [3.05, 3.63) is 83.0 Å². The van der Waals surface area contributed by atoms with E-state index in [1.807, 2.05) is 36.4 Å². The summed E-state index contributed by atoms with van der Waals surface area (Å²) in [5.41, 5.74) is 4.11. The highest BCUT2D eigenvalue weighted by Crippen LogP contribution is 2.26. The molecule has 1 amide bonds. The Morgan fingerprint density at radius 1 is 1.00 bits per heavy atom. The van der Waals surface area contributed by atoms with Crippen LogP contribution in [0.2, 0.25) is 5.02 Å². The molecule has 0 saturated carbocycles. The summed E-state index contributed by atoms with van der Waals surface area (Å²) in [4.78, 5) is 16.9. The van der Waals surface area contributed by atoms with Crippen LogP contribution in [-0.2, 0) is 5.41 Å². The van der Waals surface area contributed by atoms with Crippen molar-refractivity contribution in [2.24, 2.45) is 0 Å². The average Bonchev–Trinajstić information content (AvgIpc) is 2.62. The predicted molar refractivity (Wildman–Crippen MR) is 108 cm³/mol. The van der Waals surface area contributed by atoms with Crippen molar-refractivity contribution in [1.82, 2.24) is 4.98 Å². The number of hydrogen-bond donors (Lipinski definition) is 1. The van der Waals surface area contributed by atoms with Gasteiger partial charge in [-0.15, -0.1) is 0 Å². The Bertz CT molecular complexity index is 927. The lowest BCUT2D eigenvalue weighted by molar-refractivity contribution is 0.102. The van der Waals surface area contributed by atoms with E-state index in [1.165, 1.54) is 5.56 Å². The van der Waals surface area contributed by atoms with Gasteiger partial charge in [-0.2, -0.15) is 0 Å². The van der Waals surface area contributed by atoms with E-state index >= 15 is 0 Å². The van der Waals surface area contributed by atoms with Crippen molar-refractivity contribution >= 4 is 23.2 Å². The highest BCUT2D eigenvalue weighted by Gasteiger charge is 2.14. The maximum atomic E-state index is 12.6. The fourth-order valence-corrected chi connectivity index (χ4v) is 2.89. The molecule has 3 nitrogen and oxygen atoms in total. The van der Waals surface area contributed by atoms with Gasteiger partial charge in [0.25, 0.3) is 5.91 Å². The molecule has 0 radical (unpaired) electrons. The number of nitrogens with one attached hydrogen (secondary N) is 1. The topological polar surface area (TPSA) is 42.0 Å². The van der Waals surface area contributed by atoms with Gasteiger partial charge in [0, 0.05) is 23.0 Å². The highest BCUT2D eigenvalue weighted by atomic mass is 35.5. The maximum absolute atomic E-state index is 12.6. The van der Waals surface area contributed by atoms with E-state index in [0.29, 0.717) is 16.3 Å². The first-order valence-corrected chi connectivity index (χ1v) is 8.85. The lowest BCUT2D eigenvalue weighted by Gasteiger charge is -2.19. The summed E-state index contributed by atoms with van der Waals surface area (Å²) in [6.45, 7) is 6.48. The molecule has 1 N–H and O–H groups in total. The van der Waals surface area contributed by atoms with Gasteiger partial charge in [-0.1, -0.05) is 56.6 Å². The van der Waals surface area contributed by atoms with E-state index in [0.717, 1.165) is 11.3 Å². The molecule has 0 atom stereocenters.